The number of benzene rings is 2. The molecule has 0 spiro atoms. The molecule has 0 fully saturated rings. The van der Waals surface area contributed by atoms with E-state index >= 15 is 0 Å². The van der Waals surface area contributed by atoms with Gasteiger partial charge < -0.3 is 14.2 Å². The average molecular weight is 349 g/mol. The maximum atomic E-state index is 12.6. The minimum atomic E-state index is -0.159. The van der Waals surface area contributed by atoms with Crippen molar-refractivity contribution >= 4 is 5.91 Å². The number of rotatable bonds is 7. The van der Waals surface area contributed by atoms with Crippen molar-refractivity contribution in [2.24, 2.45) is 0 Å². The number of nitrogens with zero attached hydrogens (tertiary/aromatic N) is 3. The number of ether oxygens (including phenoxy) is 1. The van der Waals surface area contributed by atoms with E-state index in [4.69, 9.17) is 9.26 Å². The summed E-state index contributed by atoms with van der Waals surface area (Å²) in [7, 11) is 1.69. The van der Waals surface area contributed by atoms with Gasteiger partial charge in [-0.05, 0) is 18.2 Å². The molecule has 1 heterocycles. The molecule has 6 nitrogen and oxygen atoms in total. The van der Waals surface area contributed by atoms with E-state index in [1.165, 1.54) is 4.90 Å². The van der Waals surface area contributed by atoms with E-state index < -0.39 is 0 Å². The van der Waals surface area contributed by atoms with Crippen LogP contribution in [0.25, 0.3) is 11.4 Å². The van der Waals surface area contributed by atoms with Gasteiger partial charge in [0.25, 0.3) is 5.91 Å². The summed E-state index contributed by atoms with van der Waals surface area (Å²) in [5.74, 6) is 1.34. The highest BCUT2D eigenvalue weighted by atomic mass is 16.5. The van der Waals surface area contributed by atoms with Gasteiger partial charge in [-0.25, -0.2) is 0 Å². The molecule has 0 N–H and O–H groups in total. The maximum Gasteiger partial charge on any atom is 0.254 e. The van der Waals surface area contributed by atoms with Crippen LogP contribution < -0.4 is 4.74 Å². The molecule has 3 rings (SSSR count). The molecular formula is C20H19N3O3. The highest BCUT2D eigenvalue weighted by molar-refractivity contribution is 5.94. The van der Waals surface area contributed by atoms with Gasteiger partial charge in [0, 0.05) is 18.2 Å². The summed E-state index contributed by atoms with van der Waals surface area (Å²) in [6, 6.07) is 16.5. The SMILES string of the molecule is C=CCOc1cccc(C(=O)N(C)Cc2nc(-c3ccccc3)no2)c1. The third-order valence-electron chi connectivity index (χ3n) is 3.67. The Morgan fingerprint density at radius 1 is 1.23 bits per heavy atom. The summed E-state index contributed by atoms with van der Waals surface area (Å²) < 4.78 is 10.7. The summed E-state index contributed by atoms with van der Waals surface area (Å²) in [5.41, 5.74) is 1.39. The predicted octanol–water partition coefficient (Wildman–Crippen LogP) is 3.57. The Balaban J connectivity index is 1.68. The highest BCUT2D eigenvalue weighted by Gasteiger charge is 2.16. The van der Waals surface area contributed by atoms with Gasteiger partial charge >= 0.3 is 0 Å². The Morgan fingerprint density at radius 2 is 2.04 bits per heavy atom. The largest absolute Gasteiger partial charge is 0.490 e. The smallest absolute Gasteiger partial charge is 0.254 e. The van der Waals surface area contributed by atoms with Gasteiger partial charge in [0.05, 0.1) is 6.54 Å². The van der Waals surface area contributed by atoms with Crippen LogP contribution in [0.3, 0.4) is 0 Å². The lowest BCUT2D eigenvalue weighted by atomic mass is 10.2. The Kier molecular flexibility index (Phi) is 5.43. The molecule has 26 heavy (non-hydrogen) atoms. The molecule has 0 saturated carbocycles. The molecule has 0 aliphatic heterocycles. The van der Waals surface area contributed by atoms with Gasteiger partial charge in [0.1, 0.15) is 12.4 Å². The number of aromatic nitrogens is 2. The minimum Gasteiger partial charge on any atom is -0.490 e. The van der Waals surface area contributed by atoms with Gasteiger partial charge in [-0.15, -0.1) is 0 Å². The fraction of sp³-hybridized carbons (Fsp3) is 0.150. The second kappa shape index (κ2) is 8.11. The number of carbonyl (C=O) groups is 1. The molecule has 2 aromatic carbocycles. The topological polar surface area (TPSA) is 68.5 Å². The van der Waals surface area contributed by atoms with Gasteiger partial charge in [-0.2, -0.15) is 4.98 Å². The first-order valence-corrected chi connectivity index (χ1v) is 8.14. The number of hydrogen-bond acceptors (Lipinski definition) is 5. The van der Waals surface area contributed by atoms with Crippen molar-refractivity contribution in [1.29, 1.82) is 0 Å². The average Bonchev–Trinajstić information content (AvgIpc) is 3.15. The zero-order valence-corrected chi connectivity index (χ0v) is 14.5. The van der Waals surface area contributed by atoms with Crippen molar-refractivity contribution in [3.63, 3.8) is 0 Å². The lowest BCUT2D eigenvalue weighted by molar-refractivity contribution is 0.0769. The van der Waals surface area contributed by atoms with Gasteiger partial charge in [-0.3, -0.25) is 4.79 Å². The highest BCUT2D eigenvalue weighted by Crippen LogP contribution is 2.17. The van der Waals surface area contributed by atoms with Crippen LogP contribution in [0.2, 0.25) is 0 Å². The third-order valence-corrected chi connectivity index (χ3v) is 3.67. The van der Waals surface area contributed by atoms with Crippen molar-refractivity contribution in [2.45, 2.75) is 6.54 Å². The molecule has 0 atom stereocenters. The van der Waals surface area contributed by atoms with E-state index in [0.717, 1.165) is 5.56 Å². The molecule has 1 aromatic heterocycles. The second-order valence-corrected chi connectivity index (χ2v) is 5.67. The van der Waals surface area contributed by atoms with Crippen LogP contribution >= 0.6 is 0 Å². The number of amides is 1. The van der Waals surface area contributed by atoms with Crippen molar-refractivity contribution < 1.29 is 14.1 Å². The van der Waals surface area contributed by atoms with Crippen molar-refractivity contribution in [3.8, 4) is 17.1 Å². The lowest BCUT2D eigenvalue weighted by Crippen LogP contribution is -2.26. The molecule has 0 bridgehead atoms. The van der Waals surface area contributed by atoms with Crippen LogP contribution in [0.4, 0.5) is 0 Å². The molecule has 0 radical (unpaired) electrons. The zero-order chi connectivity index (χ0) is 18.4. The quantitative estimate of drug-likeness (QED) is 0.610. The maximum absolute atomic E-state index is 12.6. The van der Waals surface area contributed by atoms with Crippen LogP contribution in [0.5, 0.6) is 5.75 Å². The molecule has 1 amide bonds. The van der Waals surface area contributed by atoms with Gasteiger partial charge in [0.2, 0.25) is 11.7 Å². The van der Waals surface area contributed by atoms with Crippen molar-refractivity contribution in [2.75, 3.05) is 13.7 Å². The van der Waals surface area contributed by atoms with E-state index in [2.05, 4.69) is 16.7 Å². The van der Waals surface area contributed by atoms with E-state index in [-0.39, 0.29) is 12.5 Å². The standard InChI is InChI=1S/C20H19N3O3/c1-3-12-25-17-11-7-10-16(13-17)20(24)23(2)14-18-21-19(22-26-18)15-8-5-4-6-9-15/h3-11,13H,1,12,14H2,2H3. The van der Waals surface area contributed by atoms with Gasteiger partial charge in [-0.1, -0.05) is 54.2 Å². The fourth-order valence-electron chi connectivity index (χ4n) is 2.39. The predicted molar refractivity (Wildman–Crippen MR) is 97.7 cm³/mol. The van der Waals surface area contributed by atoms with Crippen molar-refractivity contribution in [1.82, 2.24) is 15.0 Å². The van der Waals surface area contributed by atoms with Crippen LogP contribution in [-0.2, 0) is 6.54 Å². The van der Waals surface area contributed by atoms with E-state index in [0.29, 0.717) is 29.6 Å². The summed E-state index contributed by atoms with van der Waals surface area (Å²) in [5, 5.41) is 3.97. The lowest BCUT2D eigenvalue weighted by Gasteiger charge is -2.15. The molecule has 3 aromatic rings. The second-order valence-electron chi connectivity index (χ2n) is 5.67. The monoisotopic (exact) mass is 349 g/mol. The summed E-state index contributed by atoms with van der Waals surface area (Å²) >= 11 is 0. The first-order valence-electron chi connectivity index (χ1n) is 8.14. The van der Waals surface area contributed by atoms with E-state index in [1.807, 2.05) is 30.3 Å². The van der Waals surface area contributed by atoms with Crippen LogP contribution in [0, 0.1) is 0 Å². The molecule has 6 heteroatoms. The molecule has 0 saturated heterocycles. The van der Waals surface area contributed by atoms with Crippen LogP contribution in [0.1, 0.15) is 16.2 Å². The summed E-state index contributed by atoms with van der Waals surface area (Å²) in [6.07, 6.45) is 1.65. The van der Waals surface area contributed by atoms with E-state index in [1.54, 1.807) is 37.4 Å². The molecule has 0 unspecified atom stereocenters. The molecule has 0 aliphatic carbocycles. The van der Waals surface area contributed by atoms with Crippen LogP contribution in [0.15, 0.2) is 71.8 Å². The molecule has 132 valence electrons. The first-order chi connectivity index (χ1) is 12.7. The minimum absolute atomic E-state index is 0.159. The van der Waals surface area contributed by atoms with Gasteiger partial charge in [0.15, 0.2) is 0 Å². The van der Waals surface area contributed by atoms with Crippen LogP contribution in [-0.4, -0.2) is 34.6 Å². The van der Waals surface area contributed by atoms with Crippen molar-refractivity contribution in [3.05, 3.63) is 78.7 Å². The zero-order valence-electron chi connectivity index (χ0n) is 14.5. The third kappa shape index (κ3) is 4.16. The Labute approximate surface area is 151 Å². The number of carbonyl (C=O) groups excluding carboxylic acids is 1. The van der Waals surface area contributed by atoms with E-state index in [9.17, 15) is 4.79 Å². The summed E-state index contributed by atoms with van der Waals surface area (Å²) in [4.78, 5) is 18.5. The molecule has 0 aliphatic rings. The fourth-order valence-corrected chi connectivity index (χ4v) is 2.39. The Bertz CT molecular complexity index is 890. The number of hydrogen-bond donors (Lipinski definition) is 0. The molecular weight excluding hydrogens is 330 g/mol. The normalized spacial score (nSPS) is 10.3. The Hall–Kier alpha value is -3.41. The Morgan fingerprint density at radius 3 is 2.81 bits per heavy atom. The first kappa shape index (κ1) is 17.4. The summed E-state index contributed by atoms with van der Waals surface area (Å²) in [6.45, 7) is 4.21.